The molecule has 0 radical (unpaired) electrons. The highest BCUT2D eigenvalue weighted by Gasteiger charge is 2.01. The lowest BCUT2D eigenvalue weighted by Crippen LogP contribution is -1.99. The molecule has 0 bridgehead atoms. The number of hydrogen-bond acceptors (Lipinski definition) is 2. The van der Waals surface area contributed by atoms with Crippen molar-refractivity contribution < 1.29 is 9.53 Å². The number of hydrogen-bond donors (Lipinski definition) is 0. The van der Waals surface area contributed by atoms with Crippen molar-refractivity contribution in [2.75, 3.05) is 6.61 Å². The average molecular weight is 319 g/mol. The van der Waals surface area contributed by atoms with E-state index in [4.69, 9.17) is 4.74 Å². The summed E-state index contributed by atoms with van der Waals surface area (Å²) in [5.74, 6) is 0.898. The van der Waals surface area contributed by atoms with E-state index in [2.05, 4.69) is 6.92 Å². The minimum Gasteiger partial charge on any atom is -0.494 e. The van der Waals surface area contributed by atoms with Gasteiger partial charge in [-0.3, -0.25) is 4.79 Å². The van der Waals surface area contributed by atoms with Gasteiger partial charge in [-0.25, -0.2) is 0 Å². The molecule has 0 aliphatic rings. The van der Waals surface area contributed by atoms with Crippen molar-refractivity contribution in [1.29, 1.82) is 0 Å². The van der Waals surface area contributed by atoms with Crippen molar-refractivity contribution in [3.63, 3.8) is 0 Å². The average Bonchev–Trinajstić information content (AvgIpc) is 2.56. The molecule has 0 N–H and O–H groups in total. The molecule has 1 aromatic carbocycles. The Morgan fingerprint density at radius 3 is 2.00 bits per heavy atom. The van der Waals surface area contributed by atoms with Gasteiger partial charge in [-0.1, -0.05) is 83.3 Å². The van der Waals surface area contributed by atoms with Crippen LogP contribution in [0.15, 0.2) is 24.3 Å². The fourth-order valence-electron chi connectivity index (χ4n) is 2.76. The van der Waals surface area contributed by atoms with E-state index in [0.29, 0.717) is 0 Å². The van der Waals surface area contributed by atoms with Crippen molar-refractivity contribution in [3.05, 3.63) is 29.8 Å². The first-order chi connectivity index (χ1) is 11.2. The van der Waals surface area contributed by atoms with E-state index in [-0.39, 0.29) is 5.78 Å². The second-order valence-corrected chi connectivity index (χ2v) is 6.47. The summed E-state index contributed by atoms with van der Waals surface area (Å²) in [6.07, 6.45) is 14.8. The molecular formula is C21H34O2. The predicted molar refractivity (Wildman–Crippen MR) is 98.4 cm³/mol. The predicted octanol–water partition coefficient (Wildman–Crippen LogP) is 6.58. The topological polar surface area (TPSA) is 26.3 Å². The Kier molecular flexibility index (Phi) is 11.3. The van der Waals surface area contributed by atoms with E-state index >= 15 is 0 Å². The van der Waals surface area contributed by atoms with Gasteiger partial charge in [0.1, 0.15) is 5.75 Å². The molecule has 0 saturated heterocycles. The SMILES string of the molecule is CCCCCCCCCCCCCOc1cccc(C(C)=O)c1. The largest absolute Gasteiger partial charge is 0.494 e. The fourth-order valence-corrected chi connectivity index (χ4v) is 2.76. The lowest BCUT2D eigenvalue weighted by Gasteiger charge is -2.07. The second-order valence-electron chi connectivity index (χ2n) is 6.47. The molecule has 0 aliphatic carbocycles. The number of rotatable bonds is 14. The maximum absolute atomic E-state index is 11.3. The first-order valence-corrected chi connectivity index (χ1v) is 9.48. The minimum absolute atomic E-state index is 0.0881. The summed E-state index contributed by atoms with van der Waals surface area (Å²) in [7, 11) is 0. The van der Waals surface area contributed by atoms with Crippen molar-refractivity contribution in [1.82, 2.24) is 0 Å². The molecule has 0 aromatic heterocycles. The molecular weight excluding hydrogens is 284 g/mol. The van der Waals surface area contributed by atoms with Crippen LogP contribution in [-0.2, 0) is 0 Å². The number of ether oxygens (including phenoxy) is 1. The summed E-state index contributed by atoms with van der Waals surface area (Å²) in [6.45, 7) is 4.60. The van der Waals surface area contributed by atoms with Gasteiger partial charge >= 0.3 is 0 Å². The first kappa shape index (κ1) is 19.7. The highest BCUT2D eigenvalue weighted by molar-refractivity contribution is 5.94. The highest BCUT2D eigenvalue weighted by Crippen LogP contribution is 2.15. The van der Waals surface area contributed by atoms with Crippen LogP contribution in [0.3, 0.4) is 0 Å². The van der Waals surface area contributed by atoms with E-state index < -0.39 is 0 Å². The number of unbranched alkanes of at least 4 members (excludes halogenated alkanes) is 10. The molecule has 0 amide bonds. The summed E-state index contributed by atoms with van der Waals surface area (Å²) in [5.41, 5.74) is 0.724. The number of carbonyl (C=O) groups excluding carboxylic acids is 1. The van der Waals surface area contributed by atoms with Gasteiger partial charge in [0, 0.05) is 5.56 Å². The summed E-state index contributed by atoms with van der Waals surface area (Å²) in [4.78, 5) is 11.3. The van der Waals surface area contributed by atoms with E-state index in [0.717, 1.165) is 24.3 Å². The molecule has 1 aromatic rings. The zero-order chi connectivity index (χ0) is 16.8. The molecule has 130 valence electrons. The van der Waals surface area contributed by atoms with E-state index in [1.54, 1.807) is 6.92 Å². The van der Waals surface area contributed by atoms with Gasteiger partial charge in [-0.05, 0) is 25.5 Å². The lowest BCUT2D eigenvalue weighted by atomic mass is 10.1. The second kappa shape index (κ2) is 13.2. The zero-order valence-electron chi connectivity index (χ0n) is 15.1. The highest BCUT2D eigenvalue weighted by atomic mass is 16.5. The molecule has 0 spiro atoms. The lowest BCUT2D eigenvalue weighted by molar-refractivity contribution is 0.101. The monoisotopic (exact) mass is 318 g/mol. The third-order valence-electron chi connectivity index (χ3n) is 4.26. The van der Waals surface area contributed by atoms with E-state index in [1.807, 2.05) is 24.3 Å². The van der Waals surface area contributed by atoms with Crippen molar-refractivity contribution in [2.24, 2.45) is 0 Å². The molecule has 2 nitrogen and oxygen atoms in total. The van der Waals surface area contributed by atoms with Gasteiger partial charge in [0.15, 0.2) is 5.78 Å². The van der Waals surface area contributed by atoms with Crippen LogP contribution in [0.25, 0.3) is 0 Å². The van der Waals surface area contributed by atoms with Crippen LogP contribution in [0, 0.1) is 0 Å². The molecule has 0 unspecified atom stereocenters. The molecule has 0 heterocycles. The Balaban J connectivity index is 1.93. The summed E-state index contributed by atoms with van der Waals surface area (Å²) in [5, 5.41) is 0. The third kappa shape index (κ3) is 10.1. The number of Topliss-reactive ketones (excluding diaryl/α,β-unsaturated/α-hetero) is 1. The van der Waals surface area contributed by atoms with Crippen LogP contribution in [0.4, 0.5) is 0 Å². The maximum atomic E-state index is 11.3. The fraction of sp³-hybridized carbons (Fsp3) is 0.667. The Morgan fingerprint density at radius 2 is 1.43 bits per heavy atom. The molecule has 0 atom stereocenters. The van der Waals surface area contributed by atoms with Gasteiger partial charge < -0.3 is 4.74 Å². The third-order valence-corrected chi connectivity index (χ3v) is 4.26. The van der Waals surface area contributed by atoms with Gasteiger partial charge in [0.05, 0.1) is 6.61 Å². The van der Waals surface area contributed by atoms with Crippen LogP contribution >= 0.6 is 0 Å². The van der Waals surface area contributed by atoms with E-state index in [9.17, 15) is 4.79 Å². The Labute approximate surface area is 142 Å². The Morgan fingerprint density at radius 1 is 0.870 bits per heavy atom. The maximum Gasteiger partial charge on any atom is 0.159 e. The molecule has 0 saturated carbocycles. The Hall–Kier alpha value is -1.31. The van der Waals surface area contributed by atoms with Crippen LogP contribution in [0.2, 0.25) is 0 Å². The number of carbonyl (C=O) groups is 1. The van der Waals surface area contributed by atoms with Crippen LogP contribution in [-0.4, -0.2) is 12.4 Å². The minimum atomic E-state index is 0.0881. The standard InChI is InChI=1S/C21H34O2/c1-3-4-5-6-7-8-9-10-11-12-13-17-23-21-16-14-15-20(18-21)19(2)22/h14-16,18H,3-13,17H2,1-2H3. The number of ketones is 1. The molecule has 2 heteroatoms. The smallest absolute Gasteiger partial charge is 0.159 e. The normalized spacial score (nSPS) is 10.7. The quantitative estimate of drug-likeness (QED) is 0.286. The van der Waals surface area contributed by atoms with E-state index in [1.165, 1.54) is 64.2 Å². The van der Waals surface area contributed by atoms with Gasteiger partial charge in [-0.15, -0.1) is 0 Å². The summed E-state index contributed by atoms with van der Waals surface area (Å²) >= 11 is 0. The first-order valence-electron chi connectivity index (χ1n) is 9.48. The van der Waals surface area contributed by atoms with Crippen LogP contribution in [0.5, 0.6) is 5.75 Å². The summed E-state index contributed by atoms with van der Waals surface area (Å²) < 4.78 is 5.73. The number of benzene rings is 1. The van der Waals surface area contributed by atoms with Crippen LogP contribution < -0.4 is 4.74 Å². The van der Waals surface area contributed by atoms with Crippen molar-refractivity contribution in [3.8, 4) is 5.75 Å². The van der Waals surface area contributed by atoms with Crippen LogP contribution in [0.1, 0.15) is 94.8 Å². The molecule has 0 aliphatic heterocycles. The Bertz CT molecular complexity index is 426. The zero-order valence-corrected chi connectivity index (χ0v) is 15.1. The van der Waals surface area contributed by atoms with Gasteiger partial charge in [-0.2, -0.15) is 0 Å². The van der Waals surface area contributed by atoms with Crippen molar-refractivity contribution >= 4 is 5.78 Å². The van der Waals surface area contributed by atoms with Gasteiger partial charge in [0.2, 0.25) is 0 Å². The van der Waals surface area contributed by atoms with Crippen molar-refractivity contribution in [2.45, 2.75) is 84.5 Å². The molecule has 23 heavy (non-hydrogen) atoms. The van der Waals surface area contributed by atoms with Gasteiger partial charge in [0.25, 0.3) is 0 Å². The molecule has 0 fully saturated rings. The molecule has 1 rings (SSSR count). The summed E-state index contributed by atoms with van der Waals surface area (Å²) in [6, 6.07) is 7.47.